The van der Waals surface area contributed by atoms with E-state index in [0.29, 0.717) is 28.3 Å². The van der Waals surface area contributed by atoms with E-state index in [2.05, 4.69) is 0 Å². The van der Waals surface area contributed by atoms with E-state index in [9.17, 15) is 4.79 Å². The molecule has 0 aromatic heterocycles. The fourth-order valence-electron chi connectivity index (χ4n) is 2.54. The van der Waals surface area contributed by atoms with Crippen LogP contribution >= 0.6 is 12.4 Å². The molecule has 0 spiro atoms. The van der Waals surface area contributed by atoms with Crippen molar-refractivity contribution in [2.24, 2.45) is 5.73 Å². The summed E-state index contributed by atoms with van der Waals surface area (Å²) in [5.74, 6) is -0.332. The number of hydrogen-bond acceptors (Lipinski definition) is 6. The second-order valence-electron chi connectivity index (χ2n) is 5.05. The number of rotatable bonds is 6. The van der Waals surface area contributed by atoms with E-state index in [1.165, 1.54) is 21.3 Å². The molecule has 0 fully saturated rings. The molecule has 0 saturated carbocycles. The molecule has 1 aromatic rings. The summed E-state index contributed by atoms with van der Waals surface area (Å²) in [4.78, 5) is 12.8. The maximum atomic E-state index is 12.8. The van der Waals surface area contributed by atoms with Crippen molar-refractivity contribution in [3.8, 4) is 5.75 Å². The molecule has 0 aliphatic heterocycles. The van der Waals surface area contributed by atoms with E-state index in [0.717, 1.165) is 0 Å². The zero-order valence-corrected chi connectivity index (χ0v) is 14.9. The van der Waals surface area contributed by atoms with Crippen molar-refractivity contribution < 1.29 is 23.7 Å². The number of methoxy groups -OCH3 is 4. The van der Waals surface area contributed by atoms with Crippen LogP contribution in [-0.4, -0.2) is 40.0 Å². The summed E-state index contributed by atoms with van der Waals surface area (Å²) in [6.45, 7) is 0. The highest BCUT2D eigenvalue weighted by Gasteiger charge is 2.41. The maximum absolute atomic E-state index is 12.8. The number of ether oxygens (including phenoxy) is 4. The molecule has 0 radical (unpaired) electrons. The van der Waals surface area contributed by atoms with Crippen LogP contribution in [0.15, 0.2) is 47.4 Å². The second kappa shape index (κ2) is 8.19. The molecular weight excluding hydrogens is 334 g/mol. The maximum Gasteiger partial charge on any atom is 0.232 e. The van der Waals surface area contributed by atoms with Gasteiger partial charge in [0, 0.05) is 37.5 Å². The molecule has 0 saturated heterocycles. The third-order valence-electron chi connectivity index (χ3n) is 3.88. The van der Waals surface area contributed by atoms with Crippen LogP contribution in [0.25, 0.3) is 0 Å². The van der Waals surface area contributed by atoms with Gasteiger partial charge in [-0.05, 0) is 18.2 Å². The van der Waals surface area contributed by atoms with Gasteiger partial charge in [-0.2, -0.15) is 0 Å². The topological polar surface area (TPSA) is 80.0 Å². The van der Waals surface area contributed by atoms with Gasteiger partial charge >= 0.3 is 0 Å². The number of carbonyl (C=O) groups is 1. The Labute approximate surface area is 147 Å². The largest absolute Gasteiger partial charge is 0.497 e. The molecule has 1 aromatic carbocycles. The Morgan fingerprint density at radius 3 is 2.33 bits per heavy atom. The third kappa shape index (κ3) is 3.56. The minimum absolute atomic E-state index is 0. The summed E-state index contributed by atoms with van der Waals surface area (Å²) in [7, 11) is 6.04. The van der Waals surface area contributed by atoms with Crippen molar-refractivity contribution in [3.63, 3.8) is 0 Å². The van der Waals surface area contributed by atoms with E-state index in [1.54, 1.807) is 37.5 Å². The first-order valence-corrected chi connectivity index (χ1v) is 7.05. The van der Waals surface area contributed by atoms with Crippen LogP contribution in [0.1, 0.15) is 16.8 Å². The van der Waals surface area contributed by atoms with Crippen molar-refractivity contribution in [2.45, 2.75) is 12.2 Å². The minimum Gasteiger partial charge on any atom is -0.497 e. The van der Waals surface area contributed by atoms with E-state index >= 15 is 0 Å². The van der Waals surface area contributed by atoms with Gasteiger partial charge in [-0.3, -0.25) is 4.79 Å². The van der Waals surface area contributed by atoms with Gasteiger partial charge < -0.3 is 24.7 Å². The molecule has 24 heavy (non-hydrogen) atoms. The van der Waals surface area contributed by atoms with Crippen LogP contribution in [-0.2, 0) is 14.2 Å². The number of Topliss-reactive ketones (excluding diaryl/α,β-unsaturated/α-hetero) is 1. The quantitative estimate of drug-likeness (QED) is 0.623. The summed E-state index contributed by atoms with van der Waals surface area (Å²) >= 11 is 0. The molecular formula is C17H22ClNO5. The first kappa shape index (κ1) is 20.0. The van der Waals surface area contributed by atoms with Gasteiger partial charge in [0.15, 0.2) is 11.5 Å². The molecule has 2 N–H and O–H groups in total. The average molecular weight is 356 g/mol. The highest BCUT2D eigenvalue weighted by molar-refractivity contribution is 6.11. The predicted molar refractivity (Wildman–Crippen MR) is 92.2 cm³/mol. The zero-order chi connectivity index (χ0) is 17.0. The standard InChI is InChI=1S/C17H21NO5.ClH/c1-20-12-7-5-6-11(8-12)16(19)13-9-15(21-2)17(22-3,23-4)10-14(13)18;/h5-9H,10,18H2,1-4H3;1H. The smallest absolute Gasteiger partial charge is 0.232 e. The van der Waals surface area contributed by atoms with Crippen molar-refractivity contribution in [3.05, 3.63) is 52.9 Å². The van der Waals surface area contributed by atoms with Gasteiger partial charge in [-0.1, -0.05) is 12.1 Å². The Hall–Kier alpha value is -2.02. The Kier molecular flexibility index (Phi) is 6.83. The van der Waals surface area contributed by atoms with Crippen LogP contribution in [0, 0.1) is 0 Å². The molecule has 0 atom stereocenters. The van der Waals surface area contributed by atoms with Crippen LogP contribution in [0.2, 0.25) is 0 Å². The Morgan fingerprint density at radius 1 is 1.12 bits per heavy atom. The fourth-order valence-corrected chi connectivity index (χ4v) is 2.54. The van der Waals surface area contributed by atoms with Crippen LogP contribution < -0.4 is 10.5 Å². The van der Waals surface area contributed by atoms with E-state index in [1.807, 2.05) is 0 Å². The third-order valence-corrected chi connectivity index (χ3v) is 3.88. The number of hydrogen-bond donors (Lipinski definition) is 1. The Morgan fingerprint density at radius 2 is 1.79 bits per heavy atom. The number of carbonyl (C=O) groups excluding carboxylic acids is 1. The molecule has 0 unspecified atom stereocenters. The van der Waals surface area contributed by atoms with Gasteiger partial charge in [-0.25, -0.2) is 0 Å². The molecule has 7 heteroatoms. The predicted octanol–water partition coefficient (Wildman–Crippen LogP) is 2.44. The van der Waals surface area contributed by atoms with Crippen molar-refractivity contribution >= 4 is 18.2 Å². The highest BCUT2D eigenvalue weighted by atomic mass is 35.5. The first-order valence-electron chi connectivity index (χ1n) is 7.05. The number of ketones is 1. The van der Waals surface area contributed by atoms with Crippen molar-refractivity contribution in [2.75, 3.05) is 28.4 Å². The minimum atomic E-state index is -1.11. The molecule has 1 aliphatic carbocycles. The lowest BCUT2D eigenvalue weighted by atomic mass is 9.91. The summed E-state index contributed by atoms with van der Waals surface area (Å²) in [6.07, 6.45) is 1.76. The van der Waals surface area contributed by atoms with Crippen LogP contribution in [0.5, 0.6) is 5.75 Å². The van der Waals surface area contributed by atoms with Gasteiger partial charge in [0.05, 0.1) is 14.2 Å². The van der Waals surface area contributed by atoms with Gasteiger partial charge in [0.1, 0.15) is 5.75 Å². The number of allylic oxidation sites excluding steroid dienone is 2. The van der Waals surface area contributed by atoms with Crippen LogP contribution in [0.3, 0.4) is 0 Å². The van der Waals surface area contributed by atoms with Crippen molar-refractivity contribution in [1.29, 1.82) is 0 Å². The van der Waals surface area contributed by atoms with E-state index < -0.39 is 5.79 Å². The normalized spacial score (nSPS) is 16.1. The number of benzene rings is 1. The van der Waals surface area contributed by atoms with Crippen LogP contribution in [0.4, 0.5) is 0 Å². The lowest BCUT2D eigenvalue weighted by Crippen LogP contribution is -2.41. The Bertz CT molecular complexity index is 665. The lowest BCUT2D eigenvalue weighted by Gasteiger charge is -2.35. The first-order chi connectivity index (χ1) is 11.0. The molecule has 0 amide bonds. The van der Waals surface area contributed by atoms with Gasteiger partial charge in [0.2, 0.25) is 5.79 Å². The highest BCUT2D eigenvalue weighted by Crippen LogP contribution is 2.36. The summed E-state index contributed by atoms with van der Waals surface area (Å²) in [6, 6.07) is 6.89. The summed E-state index contributed by atoms with van der Waals surface area (Å²) in [5, 5.41) is 0. The van der Waals surface area contributed by atoms with Gasteiger partial charge in [0.25, 0.3) is 0 Å². The van der Waals surface area contributed by atoms with E-state index in [-0.39, 0.29) is 24.6 Å². The number of nitrogens with two attached hydrogens (primary N) is 1. The molecule has 6 nitrogen and oxygen atoms in total. The zero-order valence-electron chi connectivity index (χ0n) is 14.1. The summed E-state index contributed by atoms with van der Waals surface area (Å²) < 4.78 is 21.3. The molecule has 0 heterocycles. The van der Waals surface area contributed by atoms with Gasteiger partial charge in [-0.15, -0.1) is 12.4 Å². The molecule has 0 bridgehead atoms. The number of halogens is 1. The second-order valence-corrected chi connectivity index (χ2v) is 5.05. The average Bonchev–Trinajstić information content (AvgIpc) is 2.60. The van der Waals surface area contributed by atoms with E-state index in [4.69, 9.17) is 24.7 Å². The Balaban J connectivity index is 0.00000288. The molecule has 132 valence electrons. The summed E-state index contributed by atoms with van der Waals surface area (Å²) in [5.41, 5.74) is 7.32. The fraction of sp³-hybridized carbons (Fsp3) is 0.353. The van der Waals surface area contributed by atoms with Crippen molar-refractivity contribution in [1.82, 2.24) is 0 Å². The molecule has 2 rings (SSSR count). The lowest BCUT2D eigenvalue weighted by molar-refractivity contribution is -0.200. The molecule has 1 aliphatic rings. The monoisotopic (exact) mass is 355 g/mol. The SMILES string of the molecule is COC1=CC(C(=O)c2cccc(OC)c2)=C(N)CC1(OC)OC.Cl.